The van der Waals surface area contributed by atoms with Crippen LogP contribution in [0.15, 0.2) is 35.4 Å². The smallest absolute Gasteiger partial charge is 0.318 e. The Kier molecular flexibility index (Phi) is 6.29. The Morgan fingerprint density at radius 1 is 1.16 bits per heavy atom. The van der Waals surface area contributed by atoms with Crippen molar-refractivity contribution in [3.63, 3.8) is 0 Å². The van der Waals surface area contributed by atoms with Gasteiger partial charge in [-0.1, -0.05) is 31.5 Å². The second-order valence-electron chi connectivity index (χ2n) is 4.21. The molecule has 0 unspecified atom stereocenters. The van der Waals surface area contributed by atoms with E-state index < -0.39 is 11.8 Å². The van der Waals surface area contributed by atoms with Crippen LogP contribution in [0.5, 0.6) is 0 Å². The number of carbonyl (C=O) groups excluding carboxylic acids is 2. The molecule has 102 valence electrons. The van der Waals surface area contributed by atoms with E-state index >= 15 is 0 Å². The normalized spacial score (nSPS) is 10.9. The van der Waals surface area contributed by atoms with Gasteiger partial charge in [0.2, 0.25) is 0 Å². The molecule has 0 bridgehead atoms. The number of hydrogen-bond donors (Lipinski definition) is 2. The van der Waals surface area contributed by atoms with Gasteiger partial charge in [0.15, 0.2) is 0 Å². The molecule has 5 nitrogen and oxygen atoms in total. The van der Waals surface area contributed by atoms with E-state index in [1.165, 1.54) is 0 Å². The number of para-hydroxylation sites is 1. The zero-order valence-electron chi connectivity index (χ0n) is 11.3. The first-order valence-electron chi connectivity index (χ1n) is 6.33. The van der Waals surface area contributed by atoms with Gasteiger partial charge in [-0.15, -0.1) is 0 Å². The van der Waals surface area contributed by atoms with Crippen molar-refractivity contribution in [3.05, 3.63) is 30.3 Å². The van der Waals surface area contributed by atoms with Crippen LogP contribution in [0.4, 0.5) is 5.69 Å². The molecule has 19 heavy (non-hydrogen) atoms. The number of amides is 2. The molecule has 5 heteroatoms. The Labute approximate surface area is 113 Å². The minimum absolute atomic E-state index is 0.578. The van der Waals surface area contributed by atoms with E-state index in [1.807, 2.05) is 13.0 Å². The minimum Gasteiger partial charge on any atom is -0.318 e. The number of anilines is 1. The summed E-state index contributed by atoms with van der Waals surface area (Å²) in [5.74, 6) is -1.49. The number of hydrazone groups is 1. The molecule has 1 aromatic carbocycles. The molecule has 0 saturated carbocycles. The topological polar surface area (TPSA) is 70.6 Å². The van der Waals surface area contributed by atoms with Crippen LogP contribution in [0.1, 0.15) is 33.1 Å². The van der Waals surface area contributed by atoms with Crippen LogP contribution >= 0.6 is 0 Å². The van der Waals surface area contributed by atoms with E-state index in [0.717, 1.165) is 25.0 Å². The first-order valence-corrected chi connectivity index (χ1v) is 6.33. The quantitative estimate of drug-likeness (QED) is 0.485. The molecule has 2 amide bonds. The van der Waals surface area contributed by atoms with E-state index in [0.29, 0.717) is 5.69 Å². The first-order chi connectivity index (χ1) is 9.13. The highest BCUT2D eigenvalue weighted by Gasteiger charge is 2.12. The van der Waals surface area contributed by atoms with Gasteiger partial charge < -0.3 is 5.32 Å². The van der Waals surface area contributed by atoms with Crippen LogP contribution in [0.2, 0.25) is 0 Å². The van der Waals surface area contributed by atoms with E-state index in [1.54, 1.807) is 24.3 Å². The second kappa shape index (κ2) is 8.02. The molecule has 0 radical (unpaired) electrons. The predicted octanol–water partition coefficient (Wildman–Crippen LogP) is 2.31. The predicted molar refractivity (Wildman–Crippen MR) is 75.8 cm³/mol. The number of unbranched alkanes of at least 4 members (excludes halogenated alkanes) is 1. The van der Waals surface area contributed by atoms with Gasteiger partial charge in [0.25, 0.3) is 0 Å². The molecule has 2 N–H and O–H groups in total. The molecule has 0 saturated heterocycles. The van der Waals surface area contributed by atoms with Crippen LogP contribution in [0, 0.1) is 0 Å². The lowest BCUT2D eigenvalue weighted by Gasteiger charge is -2.04. The zero-order valence-corrected chi connectivity index (χ0v) is 11.3. The summed E-state index contributed by atoms with van der Waals surface area (Å²) < 4.78 is 0. The lowest BCUT2D eigenvalue weighted by Crippen LogP contribution is -2.32. The Bertz CT molecular complexity index is 455. The summed E-state index contributed by atoms with van der Waals surface area (Å²) in [4.78, 5) is 23.0. The summed E-state index contributed by atoms with van der Waals surface area (Å²) in [6.07, 6.45) is 2.90. The highest BCUT2D eigenvalue weighted by Crippen LogP contribution is 2.04. The number of rotatable bonds is 5. The molecule has 1 aromatic rings. The van der Waals surface area contributed by atoms with E-state index in [9.17, 15) is 9.59 Å². The fourth-order valence-electron chi connectivity index (χ4n) is 1.39. The highest BCUT2D eigenvalue weighted by molar-refractivity contribution is 6.39. The monoisotopic (exact) mass is 261 g/mol. The maximum Gasteiger partial charge on any atom is 0.329 e. The van der Waals surface area contributed by atoms with Gasteiger partial charge in [-0.2, -0.15) is 5.10 Å². The average molecular weight is 261 g/mol. The SMILES string of the molecule is CCCC/C(C)=N/NC(=O)C(=O)Nc1ccccc1. The Hall–Kier alpha value is -2.17. The largest absolute Gasteiger partial charge is 0.329 e. The molecule has 0 atom stereocenters. The number of nitrogens with one attached hydrogen (secondary N) is 2. The van der Waals surface area contributed by atoms with Gasteiger partial charge in [-0.3, -0.25) is 9.59 Å². The average Bonchev–Trinajstić information content (AvgIpc) is 2.43. The third kappa shape index (κ3) is 5.81. The Morgan fingerprint density at radius 3 is 2.47 bits per heavy atom. The van der Waals surface area contributed by atoms with Crippen molar-refractivity contribution < 1.29 is 9.59 Å². The third-order valence-corrected chi connectivity index (χ3v) is 2.48. The minimum atomic E-state index is -0.764. The van der Waals surface area contributed by atoms with Crippen molar-refractivity contribution in [3.8, 4) is 0 Å². The summed E-state index contributed by atoms with van der Waals surface area (Å²) in [7, 11) is 0. The van der Waals surface area contributed by atoms with Crippen LogP contribution in [0.3, 0.4) is 0 Å². The summed E-state index contributed by atoms with van der Waals surface area (Å²) >= 11 is 0. The summed E-state index contributed by atoms with van der Waals surface area (Å²) in [6, 6.07) is 8.81. The molecular formula is C14H19N3O2. The molecule has 1 rings (SSSR count). The fourth-order valence-corrected chi connectivity index (χ4v) is 1.39. The lowest BCUT2D eigenvalue weighted by atomic mass is 10.2. The molecule has 0 aliphatic heterocycles. The van der Waals surface area contributed by atoms with Crippen molar-refractivity contribution in [2.24, 2.45) is 5.10 Å². The van der Waals surface area contributed by atoms with Gasteiger partial charge in [-0.05, 0) is 31.9 Å². The molecule has 0 spiro atoms. The Balaban J connectivity index is 2.43. The van der Waals surface area contributed by atoms with Crippen molar-refractivity contribution in [1.82, 2.24) is 5.43 Å². The standard InChI is InChI=1S/C14H19N3O2/c1-3-4-8-11(2)16-17-14(19)13(18)15-12-9-6-5-7-10-12/h5-7,9-10H,3-4,8H2,1-2H3,(H,15,18)(H,17,19)/b16-11+. The third-order valence-electron chi connectivity index (χ3n) is 2.48. The van der Waals surface area contributed by atoms with Crippen molar-refractivity contribution in [2.75, 3.05) is 5.32 Å². The maximum absolute atomic E-state index is 11.5. The summed E-state index contributed by atoms with van der Waals surface area (Å²) in [5, 5.41) is 6.37. The molecule has 0 aromatic heterocycles. The van der Waals surface area contributed by atoms with Crippen LogP contribution in [-0.4, -0.2) is 17.5 Å². The van der Waals surface area contributed by atoms with Crippen molar-refractivity contribution in [2.45, 2.75) is 33.1 Å². The number of benzene rings is 1. The van der Waals surface area contributed by atoms with Gasteiger partial charge in [0, 0.05) is 11.4 Å². The number of nitrogens with zero attached hydrogens (tertiary/aromatic N) is 1. The first kappa shape index (κ1) is 14.9. The van der Waals surface area contributed by atoms with Crippen molar-refractivity contribution >= 4 is 23.2 Å². The summed E-state index contributed by atoms with van der Waals surface area (Å²) in [6.45, 7) is 3.91. The lowest BCUT2D eigenvalue weighted by molar-refractivity contribution is -0.136. The maximum atomic E-state index is 11.5. The van der Waals surface area contributed by atoms with Crippen molar-refractivity contribution in [1.29, 1.82) is 0 Å². The van der Waals surface area contributed by atoms with Gasteiger partial charge in [-0.25, -0.2) is 5.43 Å². The molecule has 0 aliphatic carbocycles. The number of hydrogen-bond acceptors (Lipinski definition) is 3. The Morgan fingerprint density at radius 2 is 1.84 bits per heavy atom. The second-order valence-corrected chi connectivity index (χ2v) is 4.21. The van der Waals surface area contributed by atoms with E-state index in [4.69, 9.17) is 0 Å². The van der Waals surface area contributed by atoms with Gasteiger partial charge in [0.1, 0.15) is 0 Å². The molecular weight excluding hydrogens is 242 g/mol. The van der Waals surface area contributed by atoms with Gasteiger partial charge in [0.05, 0.1) is 0 Å². The van der Waals surface area contributed by atoms with E-state index in [2.05, 4.69) is 22.8 Å². The van der Waals surface area contributed by atoms with Crippen LogP contribution in [0.25, 0.3) is 0 Å². The zero-order chi connectivity index (χ0) is 14.1. The van der Waals surface area contributed by atoms with Crippen LogP contribution in [-0.2, 0) is 9.59 Å². The van der Waals surface area contributed by atoms with Crippen LogP contribution < -0.4 is 10.7 Å². The number of carbonyl (C=O) groups is 2. The fraction of sp³-hybridized carbons (Fsp3) is 0.357. The van der Waals surface area contributed by atoms with E-state index in [-0.39, 0.29) is 0 Å². The van der Waals surface area contributed by atoms with Gasteiger partial charge >= 0.3 is 11.8 Å². The highest BCUT2D eigenvalue weighted by atomic mass is 16.2. The molecule has 0 fully saturated rings. The summed E-state index contributed by atoms with van der Waals surface area (Å²) in [5.41, 5.74) is 3.63. The molecule has 0 aliphatic rings. The molecule has 0 heterocycles.